The van der Waals surface area contributed by atoms with Crippen molar-refractivity contribution in [2.45, 2.75) is 37.8 Å². The summed E-state index contributed by atoms with van der Waals surface area (Å²) in [5, 5.41) is 0. The minimum Gasteiger partial charge on any atom is -0.478 e. The van der Waals surface area contributed by atoms with E-state index in [-0.39, 0.29) is 12.1 Å². The third kappa shape index (κ3) is 3.95. The summed E-state index contributed by atoms with van der Waals surface area (Å²) in [4.78, 5) is 10.2. The Morgan fingerprint density at radius 1 is 0.606 bits per heavy atom. The highest BCUT2D eigenvalue weighted by atomic mass is 16.5. The molecule has 3 aliphatic rings. The number of hydrogen-bond acceptors (Lipinski definition) is 4. The molecule has 6 rings (SSSR count). The summed E-state index contributed by atoms with van der Waals surface area (Å²) in [6.07, 6.45) is 3.43. The maximum atomic E-state index is 6.31. The van der Waals surface area contributed by atoms with E-state index in [9.17, 15) is 0 Å². The van der Waals surface area contributed by atoms with E-state index in [0.717, 1.165) is 37.5 Å². The molecule has 3 aromatic rings. The largest absolute Gasteiger partial charge is 0.478 e. The number of hydrogen-bond donors (Lipinski definition) is 0. The Balaban J connectivity index is 1.30. The lowest BCUT2D eigenvalue weighted by molar-refractivity contribution is 0.253. The average molecular weight is 437 g/mol. The van der Waals surface area contributed by atoms with Gasteiger partial charge in [-0.1, -0.05) is 84.9 Å². The molecular weight excluding hydrogens is 408 g/mol. The van der Waals surface area contributed by atoms with Crippen LogP contribution in [0, 0.1) is 5.41 Å². The number of nitrogens with zero attached hydrogens (tertiary/aromatic N) is 2. The maximum absolute atomic E-state index is 6.31. The van der Waals surface area contributed by atoms with Crippen molar-refractivity contribution < 1.29 is 9.47 Å². The lowest BCUT2D eigenvalue weighted by atomic mass is 9.83. The first-order valence-electron chi connectivity index (χ1n) is 11.9. The standard InChI is InChI=1S/C29H28N2O2/c1-3-9-21(10-4-1)15-25-19-32-27(30-25)29(17-23-13-7-8-14-24(23)18-29)28-31-26(20-33-28)16-22-11-5-2-6-12-22/h1-14,25-26H,15-20H2/t25-,26-/m1/s1. The summed E-state index contributed by atoms with van der Waals surface area (Å²) in [6.45, 7) is 1.23. The van der Waals surface area contributed by atoms with Gasteiger partial charge in [0.25, 0.3) is 0 Å². The zero-order valence-corrected chi connectivity index (χ0v) is 18.7. The van der Waals surface area contributed by atoms with Crippen LogP contribution in [0.1, 0.15) is 22.3 Å². The zero-order valence-electron chi connectivity index (χ0n) is 18.7. The van der Waals surface area contributed by atoms with Crippen LogP contribution in [0.25, 0.3) is 0 Å². The van der Waals surface area contributed by atoms with Gasteiger partial charge in [0.1, 0.15) is 18.6 Å². The predicted octanol–water partition coefficient (Wildman–Crippen LogP) is 4.85. The molecule has 0 saturated carbocycles. The SMILES string of the molecule is c1ccc(C[C@@H]2COC(C3(C4=N[C@H](Cc5ccccc5)CO4)Cc4ccccc4C3)=N2)cc1. The fourth-order valence-electron chi connectivity index (χ4n) is 5.34. The van der Waals surface area contributed by atoms with Crippen molar-refractivity contribution in [3.8, 4) is 0 Å². The molecule has 0 fully saturated rings. The number of benzene rings is 3. The summed E-state index contributed by atoms with van der Waals surface area (Å²) in [5.74, 6) is 1.61. The van der Waals surface area contributed by atoms with E-state index < -0.39 is 5.41 Å². The van der Waals surface area contributed by atoms with E-state index in [2.05, 4.69) is 84.9 Å². The van der Waals surface area contributed by atoms with Crippen molar-refractivity contribution in [2.24, 2.45) is 15.4 Å². The highest BCUT2D eigenvalue weighted by Crippen LogP contribution is 2.43. The second-order valence-corrected chi connectivity index (χ2v) is 9.38. The Morgan fingerprint density at radius 2 is 1.03 bits per heavy atom. The second-order valence-electron chi connectivity index (χ2n) is 9.38. The topological polar surface area (TPSA) is 43.2 Å². The number of aliphatic imine (C=N–C) groups is 2. The average Bonchev–Trinajstić information content (AvgIpc) is 3.59. The molecule has 0 aromatic heterocycles. The molecule has 0 radical (unpaired) electrons. The molecule has 1 aliphatic carbocycles. The van der Waals surface area contributed by atoms with Crippen molar-refractivity contribution >= 4 is 11.8 Å². The summed E-state index contributed by atoms with van der Waals surface area (Å²) >= 11 is 0. The van der Waals surface area contributed by atoms with E-state index in [1.165, 1.54) is 22.3 Å². The Hall–Kier alpha value is -3.40. The van der Waals surface area contributed by atoms with Crippen LogP contribution in [0.2, 0.25) is 0 Å². The summed E-state index contributed by atoms with van der Waals surface area (Å²) in [5.41, 5.74) is 4.83. The summed E-state index contributed by atoms with van der Waals surface area (Å²) in [7, 11) is 0. The molecule has 2 heterocycles. The van der Waals surface area contributed by atoms with Crippen molar-refractivity contribution in [1.29, 1.82) is 0 Å². The van der Waals surface area contributed by atoms with Crippen molar-refractivity contribution in [2.75, 3.05) is 13.2 Å². The number of fused-ring (bicyclic) bond motifs is 1. The van der Waals surface area contributed by atoms with E-state index >= 15 is 0 Å². The van der Waals surface area contributed by atoms with Gasteiger partial charge in [0.2, 0.25) is 0 Å². The quantitative estimate of drug-likeness (QED) is 0.554. The molecular formula is C29H28N2O2. The Kier molecular flexibility index (Phi) is 5.21. The van der Waals surface area contributed by atoms with Crippen LogP contribution >= 0.6 is 0 Å². The van der Waals surface area contributed by atoms with Gasteiger partial charge in [0.15, 0.2) is 11.8 Å². The van der Waals surface area contributed by atoms with Gasteiger partial charge >= 0.3 is 0 Å². The maximum Gasteiger partial charge on any atom is 0.200 e. The second kappa shape index (κ2) is 8.51. The lowest BCUT2D eigenvalue weighted by Crippen LogP contribution is -2.41. The summed E-state index contributed by atoms with van der Waals surface area (Å²) < 4.78 is 12.6. The van der Waals surface area contributed by atoms with Gasteiger partial charge in [0, 0.05) is 0 Å². The third-order valence-electron chi connectivity index (χ3n) is 6.97. The molecule has 4 nitrogen and oxygen atoms in total. The van der Waals surface area contributed by atoms with Crippen LogP contribution in [-0.2, 0) is 35.2 Å². The zero-order chi connectivity index (χ0) is 22.1. The molecule has 0 saturated heterocycles. The van der Waals surface area contributed by atoms with Crippen LogP contribution in [0.3, 0.4) is 0 Å². The van der Waals surface area contributed by atoms with Crippen molar-refractivity contribution in [3.05, 3.63) is 107 Å². The predicted molar refractivity (Wildman–Crippen MR) is 131 cm³/mol. The first-order valence-corrected chi connectivity index (χ1v) is 11.9. The highest BCUT2D eigenvalue weighted by Gasteiger charge is 2.52. The molecule has 166 valence electrons. The number of ether oxygens (including phenoxy) is 2. The number of rotatable bonds is 6. The van der Waals surface area contributed by atoms with Crippen molar-refractivity contribution in [1.82, 2.24) is 0 Å². The normalized spacial score (nSPS) is 22.8. The fraction of sp³-hybridized carbons (Fsp3) is 0.310. The summed E-state index contributed by atoms with van der Waals surface area (Å²) in [6, 6.07) is 30.0. The van der Waals surface area contributed by atoms with Gasteiger partial charge in [0.05, 0.1) is 12.1 Å². The van der Waals surface area contributed by atoms with Crippen LogP contribution < -0.4 is 0 Å². The van der Waals surface area contributed by atoms with Crippen LogP contribution in [-0.4, -0.2) is 37.1 Å². The Bertz CT molecular complexity index is 1090. The van der Waals surface area contributed by atoms with Gasteiger partial charge in [-0.15, -0.1) is 0 Å². The first-order chi connectivity index (χ1) is 16.3. The molecule has 0 spiro atoms. The fourth-order valence-corrected chi connectivity index (χ4v) is 5.34. The van der Waals surface area contributed by atoms with Crippen LogP contribution in [0.15, 0.2) is 94.9 Å². The molecule has 4 heteroatoms. The molecule has 0 unspecified atom stereocenters. The van der Waals surface area contributed by atoms with E-state index in [0.29, 0.717) is 13.2 Å². The minimum atomic E-state index is -0.430. The van der Waals surface area contributed by atoms with Gasteiger partial charge in [-0.3, -0.25) is 0 Å². The molecule has 0 N–H and O–H groups in total. The van der Waals surface area contributed by atoms with Gasteiger partial charge in [-0.2, -0.15) is 0 Å². The monoisotopic (exact) mass is 436 g/mol. The molecule has 2 atom stereocenters. The lowest BCUT2D eigenvalue weighted by Gasteiger charge is -2.27. The van der Waals surface area contributed by atoms with E-state index in [1.807, 2.05) is 0 Å². The van der Waals surface area contributed by atoms with Gasteiger partial charge in [-0.25, -0.2) is 9.98 Å². The highest BCUT2D eigenvalue weighted by molar-refractivity contribution is 6.07. The minimum absolute atomic E-state index is 0.130. The van der Waals surface area contributed by atoms with E-state index in [4.69, 9.17) is 19.5 Å². The molecule has 3 aromatic carbocycles. The van der Waals surface area contributed by atoms with Gasteiger partial charge < -0.3 is 9.47 Å². The Labute approximate surface area is 195 Å². The van der Waals surface area contributed by atoms with Gasteiger partial charge in [-0.05, 0) is 47.9 Å². The van der Waals surface area contributed by atoms with Crippen molar-refractivity contribution in [3.63, 3.8) is 0 Å². The van der Waals surface area contributed by atoms with E-state index in [1.54, 1.807) is 0 Å². The molecule has 33 heavy (non-hydrogen) atoms. The third-order valence-corrected chi connectivity index (χ3v) is 6.97. The molecule has 0 amide bonds. The molecule has 0 bridgehead atoms. The Morgan fingerprint density at radius 3 is 1.48 bits per heavy atom. The molecule has 2 aliphatic heterocycles. The smallest absolute Gasteiger partial charge is 0.200 e. The van der Waals surface area contributed by atoms with Crippen LogP contribution in [0.5, 0.6) is 0 Å². The first kappa shape index (κ1) is 20.2. The van der Waals surface area contributed by atoms with Crippen LogP contribution in [0.4, 0.5) is 0 Å².